The summed E-state index contributed by atoms with van der Waals surface area (Å²) >= 11 is 0. The van der Waals surface area contributed by atoms with Crippen molar-refractivity contribution in [3.63, 3.8) is 0 Å². The third-order valence-electron chi connectivity index (χ3n) is 0.860. The van der Waals surface area contributed by atoms with Crippen LogP contribution in [0.1, 0.15) is 0 Å². The monoisotopic (exact) mass is 144 g/mol. The normalized spacial score (nSPS) is 9.40. The van der Waals surface area contributed by atoms with E-state index in [2.05, 4.69) is 4.98 Å². The van der Waals surface area contributed by atoms with E-state index in [1.54, 1.807) is 0 Å². The largest absolute Gasteiger partial charge is 0.349 e. The van der Waals surface area contributed by atoms with Gasteiger partial charge in [0.05, 0.1) is 0 Å². The van der Waals surface area contributed by atoms with E-state index in [4.69, 9.17) is 5.84 Å². The molecule has 10 heavy (non-hydrogen) atoms. The number of aromatic amines is 1. The summed E-state index contributed by atoms with van der Waals surface area (Å²) in [5, 5.41) is 0. The van der Waals surface area contributed by atoms with Crippen molar-refractivity contribution in [1.82, 2.24) is 9.97 Å². The lowest BCUT2D eigenvalue weighted by Crippen LogP contribution is -2.17. The number of nitrogen functional groups attached to an aromatic ring is 1. The van der Waals surface area contributed by atoms with Crippen LogP contribution in [0.3, 0.4) is 0 Å². The van der Waals surface area contributed by atoms with E-state index >= 15 is 0 Å². The molecule has 1 aromatic heterocycles. The molecule has 0 saturated heterocycles. The minimum absolute atomic E-state index is 0.00116. The average molecular weight is 144 g/mol. The number of rotatable bonds is 1. The molecule has 1 heterocycles. The summed E-state index contributed by atoms with van der Waals surface area (Å²) in [5.74, 6) is 4.09. The quantitative estimate of drug-likeness (QED) is 0.273. The SMILES string of the molecule is NNc1cc(F)[nH]c(=O)n1. The number of nitrogens with zero attached hydrogens (tertiary/aromatic N) is 1. The summed E-state index contributed by atoms with van der Waals surface area (Å²) in [6.07, 6.45) is 0. The fraction of sp³-hybridized carbons (Fsp3) is 0. The molecule has 0 aromatic carbocycles. The minimum atomic E-state index is -0.770. The molecule has 0 bridgehead atoms. The zero-order valence-electron chi connectivity index (χ0n) is 4.89. The first-order valence-electron chi connectivity index (χ1n) is 2.46. The van der Waals surface area contributed by atoms with Gasteiger partial charge in [0.1, 0.15) is 5.82 Å². The molecule has 0 aliphatic heterocycles. The second-order valence-electron chi connectivity index (χ2n) is 1.56. The van der Waals surface area contributed by atoms with Crippen molar-refractivity contribution in [2.45, 2.75) is 0 Å². The molecule has 0 amide bonds. The number of hydrogen-bond acceptors (Lipinski definition) is 4. The Balaban J connectivity index is 3.19. The predicted octanol–water partition coefficient (Wildman–Crippen LogP) is -0.805. The fourth-order valence-corrected chi connectivity index (χ4v) is 0.502. The van der Waals surface area contributed by atoms with Crippen molar-refractivity contribution < 1.29 is 4.39 Å². The van der Waals surface area contributed by atoms with E-state index in [9.17, 15) is 9.18 Å². The Morgan fingerprint density at radius 3 is 3.00 bits per heavy atom. The van der Waals surface area contributed by atoms with Crippen LogP contribution in [0.4, 0.5) is 10.2 Å². The van der Waals surface area contributed by atoms with Gasteiger partial charge >= 0.3 is 5.69 Å². The standard InChI is InChI=1S/C4H5FN4O/c5-2-1-3(9-6)8-4(10)7-2/h1H,6H2,(H2,7,8,9,10). The molecule has 4 N–H and O–H groups in total. The highest BCUT2D eigenvalue weighted by Crippen LogP contribution is 1.95. The number of nitrogens with one attached hydrogen (secondary N) is 2. The molecule has 0 radical (unpaired) electrons. The molecule has 0 fully saturated rings. The van der Waals surface area contributed by atoms with Gasteiger partial charge in [-0.1, -0.05) is 0 Å². The van der Waals surface area contributed by atoms with Crippen LogP contribution in [-0.2, 0) is 0 Å². The van der Waals surface area contributed by atoms with E-state index in [-0.39, 0.29) is 5.82 Å². The minimum Gasteiger partial charge on any atom is -0.308 e. The van der Waals surface area contributed by atoms with Gasteiger partial charge in [-0.3, -0.25) is 4.98 Å². The second-order valence-corrected chi connectivity index (χ2v) is 1.56. The average Bonchev–Trinajstić information content (AvgIpc) is 1.85. The van der Waals surface area contributed by atoms with Gasteiger partial charge in [-0.15, -0.1) is 0 Å². The predicted molar refractivity (Wildman–Crippen MR) is 32.6 cm³/mol. The lowest BCUT2D eigenvalue weighted by atomic mass is 10.6. The maximum Gasteiger partial charge on any atom is 0.349 e. The molecule has 1 rings (SSSR count). The van der Waals surface area contributed by atoms with Crippen LogP contribution < -0.4 is 17.0 Å². The lowest BCUT2D eigenvalue weighted by molar-refractivity contribution is 0.574. The third-order valence-corrected chi connectivity index (χ3v) is 0.860. The smallest absolute Gasteiger partial charge is 0.308 e. The molecule has 0 atom stereocenters. The van der Waals surface area contributed by atoms with Crippen LogP contribution in [0.25, 0.3) is 0 Å². The van der Waals surface area contributed by atoms with Gasteiger partial charge in [0.2, 0.25) is 0 Å². The van der Waals surface area contributed by atoms with E-state index in [1.807, 2.05) is 10.4 Å². The molecule has 0 saturated carbocycles. The van der Waals surface area contributed by atoms with E-state index in [1.165, 1.54) is 0 Å². The first kappa shape index (κ1) is 6.69. The Morgan fingerprint density at radius 1 is 1.80 bits per heavy atom. The Hall–Kier alpha value is -1.43. The van der Waals surface area contributed by atoms with Crippen molar-refractivity contribution in [3.05, 3.63) is 22.5 Å². The van der Waals surface area contributed by atoms with Crippen molar-refractivity contribution in [2.24, 2.45) is 5.84 Å². The summed E-state index contributed by atoms with van der Waals surface area (Å²) in [6, 6.07) is 0.974. The summed E-state index contributed by atoms with van der Waals surface area (Å²) in [5.41, 5.74) is 1.27. The summed E-state index contributed by atoms with van der Waals surface area (Å²) in [4.78, 5) is 15.4. The molecule has 6 heteroatoms. The highest BCUT2D eigenvalue weighted by Gasteiger charge is 1.95. The number of H-pyrrole nitrogens is 1. The number of hydrazine groups is 1. The number of nitrogens with two attached hydrogens (primary N) is 1. The fourth-order valence-electron chi connectivity index (χ4n) is 0.502. The van der Waals surface area contributed by atoms with Crippen LogP contribution in [0, 0.1) is 5.95 Å². The molecular formula is C4H5FN4O. The molecule has 5 nitrogen and oxygen atoms in total. The molecule has 54 valence electrons. The summed E-state index contributed by atoms with van der Waals surface area (Å²) in [7, 11) is 0. The first-order valence-corrected chi connectivity index (χ1v) is 2.46. The Kier molecular flexibility index (Phi) is 1.63. The van der Waals surface area contributed by atoms with E-state index in [0.717, 1.165) is 6.07 Å². The van der Waals surface area contributed by atoms with Gasteiger partial charge in [-0.25, -0.2) is 10.6 Å². The number of halogens is 1. The van der Waals surface area contributed by atoms with Gasteiger partial charge in [-0.05, 0) is 0 Å². The van der Waals surface area contributed by atoms with Gasteiger partial charge < -0.3 is 5.43 Å². The number of aromatic nitrogens is 2. The van der Waals surface area contributed by atoms with Crippen molar-refractivity contribution in [2.75, 3.05) is 5.43 Å². The molecule has 0 aliphatic rings. The maximum atomic E-state index is 12.2. The van der Waals surface area contributed by atoms with Crippen molar-refractivity contribution in [1.29, 1.82) is 0 Å². The second kappa shape index (κ2) is 2.44. The third kappa shape index (κ3) is 1.29. The molecule has 0 unspecified atom stereocenters. The lowest BCUT2D eigenvalue weighted by Gasteiger charge is -1.94. The van der Waals surface area contributed by atoms with Gasteiger partial charge in [-0.2, -0.15) is 9.37 Å². The van der Waals surface area contributed by atoms with Crippen molar-refractivity contribution in [3.8, 4) is 0 Å². The van der Waals surface area contributed by atoms with Crippen LogP contribution in [-0.4, -0.2) is 9.97 Å². The van der Waals surface area contributed by atoms with Gasteiger partial charge in [0.15, 0.2) is 5.95 Å². The van der Waals surface area contributed by atoms with Crippen molar-refractivity contribution >= 4 is 5.82 Å². The highest BCUT2D eigenvalue weighted by molar-refractivity contribution is 5.29. The van der Waals surface area contributed by atoms with Crippen LogP contribution >= 0.6 is 0 Å². The van der Waals surface area contributed by atoms with E-state index in [0.29, 0.717) is 0 Å². The first-order chi connectivity index (χ1) is 4.72. The van der Waals surface area contributed by atoms with Crippen LogP contribution in [0.5, 0.6) is 0 Å². The Morgan fingerprint density at radius 2 is 2.50 bits per heavy atom. The maximum absolute atomic E-state index is 12.2. The Labute approximate surface area is 55.1 Å². The van der Waals surface area contributed by atoms with Gasteiger partial charge in [0.25, 0.3) is 0 Å². The molecule has 0 aliphatic carbocycles. The molecular weight excluding hydrogens is 139 g/mol. The van der Waals surface area contributed by atoms with E-state index < -0.39 is 11.6 Å². The summed E-state index contributed by atoms with van der Waals surface area (Å²) in [6.45, 7) is 0. The molecule has 0 spiro atoms. The highest BCUT2D eigenvalue weighted by atomic mass is 19.1. The summed E-state index contributed by atoms with van der Waals surface area (Å²) < 4.78 is 12.2. The van der Waals surface area contributed by atoms with Crippen LogP contribution in [0.15, 0.2) is 10.9 Å². The zero-order valence-corrected chi connectivity index (χ0v) is 4.89. The number of anilines is 1. The zero-order chi connectivity index (χ0) is 7.56. The number of hydrogen-bond donors (Lipinski definition) is 3. The van der Waals surface area contributed by atoms with Crippen LogP contribution in [0.2, 0.25) is 0 Å². The van der Waals surface area contributed by atoms with Gasteiger partial charge in [0, 0.05) is 6.07 Å². The topological polar surface area (TPSA) is 83.8 Å². The molecule has 1 aromatic rings. The Bertz CT molecular complexity index is 283.